The largest absolute Gasteiger partial charge is 0.383 e. The number of carbonyl (C=O) groups is 1. The third-order valence-corrected chi connectivity index (χ3v) is 1.21. The van der Waals surface area contributed by atoms with E-state index in [-0.39, 0.29) is 11.7 Å². The number of Topliss-reactive ketones (excluding diaryl/α,β-unsaturated/α-hetero) is 1. The molecule has 0 aliphatic carbocycles. The fraction of sp³-hybridized carbons (Fsp3) is 0.625. The van der Waals surface area contributed by atoms with Crippen molar-refractivity contribution >= 4 is 5.78 Å². The minimum absolute atomic E-state index is 0.0477. The molecule has 10 heavy (non-hydrogen) atoms. The van der Waals surface area contributed by atoms with Gasteiger partial charge < -0.3 is 5.32 Å². The molecular weight excluding hydrogens is 126 g/mol. The molecule has 2 nitrogen and oxygen atoms in total. The van der Waals surface area contributed by atoms with Gasteiger partial charge in [-0.15, -0.1) is 0 Å². The first kappa shape index (κ1) is 9.21. The Bertz CT molecular complexity index is 138. The van der Waals surface area contributed by atoms with Crippen molar-refractivity contribution in [3.63, 3.8) is 0 Å². The molecular formula is C8H15NO. The summed E-state index contributed by atoms with van der Waals surface area (Å²) >= 11 is 0. The molecule has 0 atom stereocenters. The van der Waals surface area contributed by atoms with Crippen molar-refractivity contribution in [2.24, 2.45) is 5.92 Å². The molecule has 0 radical (unpaired) electrons. The van der Waals surface area contributed by atoms with E-state index >= 15 is 0 Å². The number of ketones is 1. The van der Waals surface area contributed by atoms with Crippen LogP contribution in [0.15, 0.2) is 12.3 Å². The summed E-state index contributed by atoms with van der Waals surface area (Å²) in [6.45, 7) is 10.0. The quantitative estimate of drug-likeness (QED) is 0.598. The van der Waals surface area contributed by atoms with Gasteiger partial charge >= 0.3 is 0 Å². The lowest BCUT2D eigenvalue weighted by atomic mass is 10.1. The van der Waals surface area contributed by atoms with Crippen LogP contribution in [0.1, 0.15) is 20.8 Å². The number of hydrogen-bond donors (Lipinski definition) is 1. The normalized spacial score (nSPS) is 9.60. The van der Waals surface area contributed by atoms with E-state index in [4.69, 9.17) is 0 Å². The van der Waals surface area contributed by atoms with Gasteiger partial charge in [-0.3, -0.25) is 4.79 Å². The summed E-state index contributed by atoms with van der Waals surface area (Å²) in [6, 6.07) is 0. The molecule has 2 heteroatoms. The number of allylic oxidation sites excluding steroid dienone is 1. The molecule has 0 fully saturated rings. The van der Waals surface area contributed by atoms with Crippen LogP contribution in [0.3, 0.4) is 0 Å². The first-order chi connectivity index (χ1) is 4.59. The summed E-state index contributed by atoms with van der Waals surface area (Å²) in [5.74, 6) is 0.147. The molecule has 0 bridgehead atoms. The second-order valence-electron chi connectivity index (χ2n) is 2.53. The predicted octanol–water partition coefficient (Wildman–Crippen LogP) is 1.33. The van der Waals surface area contributed by atoms with Gasteiger partial charge in [0.15, 0.2) is 5.78 Å². The molecule has 0 rings (SSSR count). The van der Waals surface area contributed by atoms with Crippen LogP contribution in [0.2, 0.25) is 0 Å². The zero-order valence-electron chi connectivity index (χ0n) is 6.90. The van der Waals surface area contributed by atoms with E-state index in [1.807, 2.05) is 20.8 Å². The maximum Gasteiger partial charge on any atom is 0.180 e. The van der Waals surface area contributed by atoms with Crippen LogP contribution in [0.25, 0.3) is 0 Å². The van der Waals surface area contributed by atoms with Gasteiger partial charge in [0.05, 0.1) is 5.70 Å². The molecule has 0 spiro atoms. The number of nitrogens with one attached hydrogen (secondary N) is 1. The third kappa shape index (κ3) is 2.67. The third-order valence-electron chi connectivity index (χ3n) is 1.21. The van der Waals surface area contributed by atoms with Crippen molar-refractivity contribution in [3.05, 3.63) is 12.3 Å². The Balaban J connectivity index is 3.83. The highest BCUT2D eigenvalue weighted by Crippen LogP contribution is 1.99. The lowest BCUT2D eigenvalue weighted by Crippen LogP contribution is -2.22. The highest BCUT2D eigenvalue weighted by molar-refractivity contribution is 5.95. The summed E-state index contributed by atoms with van der Waals surface area (Å²) in [4.78, 5) is 11.1. The average molecular weight is 141 g/mol. The van der Waals surface area contributed by atoms with Gasteiger partial charge in [-0.2, -0.15) is 0 Å². The van der Waals surface area contributed by atoms with Crippen LogP contribution in [-0.2, 0) is 4.79 Å². The van der Waals surface area contributed by atoms with Gasteiger partial charge in [0.2, 0.25) is 0 Å². The highest BCUT2D eigenvalue weighted by atomic mass is 16.1. The second-order valence-corrected chi connectivity index (χ2v) is 2.53. The van der Waals surface area contributed by atoms with E-state index in [1.54, 1.807) is 0 Å². The van der Waals surface area contributed by atoms with Gasteiger partial charge in [0.1, 0.15) is 0 Å². The molecule has 0 aromatic heterocycles. The Morgan fingerprint density at radius 3 is 2.40 bits per heavy atom. The fourth-order valence-electron chi connectivity index (χ4n) is 0.649. The molecule has 0 aromatic carbocycles. The van der Waals surface area contributed by atoms with Crippen molar-refractivity contribution in [2.45, 2.75) is 20.8 Å². The molecule has 0 saturated heterocycles. The lowest BCUT2D eigenvalue weighted by Gasteiger charge is -2.07. The molecule has 58 valence electrons. The van der Waals surface area contributed by atoms with Gasteiger partial charge in [0, 0.05) is 12.5 Å². The lowest BCUT2D eigenvalue weighted by molar-refractivity contribution is -0.118. The van der Waals surface area contributed by atoms with E-state index in [9.17, 15) is 4.79 Å². The van der Waals surface area contributed by atoms with Crippen molar-refractivity contribution in [3.8, 4) is 0 Å². The molecule has 0 heterocycles. The van der Waals surface area contributed by atoms with E-state index in [1.165, 1.54) is 0 Å². The average Bonchev–Trinajstić information content (AvgIpc) is 1.87. The molecule has 0 amide bonds. The molecule has 0 saturated carbocycles. The van der Waals surface area contributed by atoms with Crippen molar-refractivity contribution in [2.75, 3.05) is 6.54 Å². The van der Waals surface area contributed by atoms with Gasteiger partial charge in [-0.25, -0.2) is 0 Å². The minimum Gasteiger partial charge on any atom is -0.383 e. The Morgan fingerprint density at radius 2 is 2.10 bits per heavy atom. The second kappa shape index (κ2) is 4.09. The Kier molecular flexibility index (Phi) is 3.77. The summed E-state index contributed by atoms with van der Waals surface area (Å²) < 4.78 is 0. The number of likely N-dealkylation sites (N-methyl/N-ethyl adjacent to an activating group) is 1. The van der Waals surface area contributed by atoms with E-state index in [0.29, 0.717) is 5.70 Å². The van der Waals surface area contributed by atoms with E-state index in [0.717, 1.165) is 6.54 Å². The zero-order valence-corrected chi connectivity index (χ0v) is 6.90. The Morgan fingerprint density at radius 1 is 1.60 bits per heavy atom. The number of hydrogen-bond acceptors (Lipinski definition) is 2. The van der Waals surface area contributed by atoms with Crippen molar-refractivity contribution < 1.29 is 4.79 Å². The maximum atomic E-state index is 11.1. The number of carbonyl (C=O) groups excluding carboxylic acids is 1. The first-order valence-electron chi connectivity index (χ1n) is 3.56. The first-order valence-corrected chi connectivity index (χ1v) is 3.56. The molecule has 0 aliphatic heterocycles. The molecule has 0 unspecified atom stereocenters. The van der Waals surface area contributed by atoms with Crippen molar-refractivity contribution in [1.29, 1.82) is 0 Å². The topological polar surface area (TPSA) is 29.1 Å². The monoisotopic (exact) mass is 141 g/mol. The van der Waals surface area contributed by atoms with E-state index < -0.39 is 0 Å². The Hall–Kier alpha value is -0.790. The van der Waals surface area contributed by atoms with Crippen LogP contribution in [0.4, 0.5) is 0 Å². The fourth-order valence-corrected chi connectivity index (χ4v) is 0.649. The van der Waals surface area contributed by atoms with E-state index in [2.05, 4.69) is 11.9 Å². The summed E-state index contributed by atoms with van der Waals surface area (Å²) in [6.07, 6.45) is 0. The molecule has 0 aliphatic rings. The molecule has 1 N–H and O–H groups in total. The van der Waals surface area contributed by atoms with Gasteiger partial charge in [0.25, 0.3) is 0 Å². The van der Waals surface area contributed by atoms with Crippen LogP contribution in [-0.4, -0.2) is 12.3 Å². The standard InChI is InChI=1S/C8H15NO/c1-5-9-7(4)8(10)6(2)3/h6,9H,4-5H2,1-3H3. The summed E-state index contributed by atoms with van der Waals surface area (Å²) in [5.41, 5.74) is 0.525. The summed E-state index contributed by atoms with van der Waals surface area (Å²) in [5, 5.41) is 2.88. The maximum absolute atomic E-state index is 11.1. The Labute approximate surface area is 62.3 Å². The van der Waals surface area contributed by atoms with Crippen molar-refractivity contribution in [1.82, 2.24) is 5.32 Å². The predicted molar refractivity (Wildman–Crippen MR) is 42.7 cm³/mol. The van der Waals surface area contributed by atoms with Gasteiger partial charge in [-0.1, -0.05) is 20.4 Å². The number of rotatable bonds is 4. The van der Waals surface area contributed by atoms with Crippen LogP contribution in [0.5, 0.6) is 0 Å². The SMILES string of the molecule is C=C(NCC)C(=O)C(C)C. The minimum atomic E-state index is 0.0477. The summed E-state index contributed by atoms with van der Waals surface area (Å²) in [7, 11) is 0. The molecule has 0 aromatic rings. The van der Waals surface area contributed by atoms with Crippen LogP contribution in [0, 0.1) is 5.92 Å². The zero-order chi connectivity index (χ0) is 8.15. The highest BCUT2D eigenvalue weighted by Gasteiger charge is 2.09. The van der Waals surface area contributed by atoms with Crippen LogP contribution >= 0.6 is 0 Å². The smallest absolute Gasteiger partial charge is 0.180 e. The van der Waals surface area contributed by atoms with Crippen LogP contribution < -0.4 is 5.32 Å². The van der Waals surface area contributed by atoms with Gasteiger partial charge in [-0.05, 0) is 6.92 Å².